The van der Waals surface area contributed by atoms with Gasteiger partial charge in [-0.15, -0.1) is 0 Å². The number of pyridine rings is 1. The largest absolute Gasteiger partial charge is 0.416 e. The monoisotopic (exact) mass is 1040 g/mol. The minimum atomic E-state index is -4.69. The van der Waals surface area contributed by atoms with Crippen molar-refractivity contribution >= 4 is 57.3 Å². The molecular formula is C52H58F6N14O3. The third-order valence-electron chi connectivity index (χ3n) is 12.3. The van der Waals surface area contributed by atoms with E-state index in [1.165, 1.54) is 65.0 Å². The lowest BCUT2D eigenvalue weighted by atomic mass is 10.00. The maximum Gasteiger partial charge on any atom is 0.416 e. The number of likely N-dealkylation sites (N-methyl/N-ethyl adjacent to an activating group) is 1. The van der Waals surface area contributed by atoms with Crippen molar-refractivity contribution in [2.75, 3.05) is 84.4 Å². The number of hydrogen-bond donors (Lipinski definition) is 7. The zero-order valence-corrected chi connectivity index (χ0v) is 41.8. The molecule has 6 aromatic rings. The number of hydrazine groups is 2. The van der Waals surface area contributed by atoms with Gasteiger partial charge < -0.3 is 42.0 Å². The van der Waals surface area contributed by atoms with Crippen molar-refractivity contribution in [2.24, 2.45) is 30.2 Å². The number of ether oxygens (including phenoxy) is 1. The first-order valence-corrected chi connectivity index (χ1v) is 23.4. The fourth-order valence-corrected chi connectivity index (χ4v) is 8.10. The molecule has 3 heterocycles. The highest BCUT2D eigenvalue weighted by molar-refractivity contribution is 6.06. The first-order chi connectivity index (χ1) is 35.4. The number of nitrogens with two attached hydrogens (primary N) is 4. The Labute approximate surface area is 429 Å². The number of nitrogens with one attached hydrogen (secondary N) is 3. The third-order valence-corrected chi connectivity index (χ3v) is 12.3. The lowest BCUT2D eigenvalue weighted by molar-refractivity contribution is -0.138. The van der Waals surface area contributed by atoms with Crippen LogP contribution in [-0.4, -0.2) is 85.0 Å². The zero-order chi connectivity index (χ0) is 54.4. The zero-order valence-electron chi connectivity index (χ0n) is 41.8. The molecule has 75 heavy (non-hydrogen) atoms. The van der Waals surface area contributed by atoms with Crippen molar-refractivity contribution in [3.63, 3.8) is 0 Å². The molecule has 0 aliphatic carbocycles. The summed E-state index contributed by atoms with van der Waals surface area (Å²) in [5.74, 6) is 11.8. The van der Waals surface area contributed by atoms with Crippen molar-refractivity contribution in [2.45, 2.75) is 32.6 Å². The predicted octanol–water partition coefficient (Wildman–Crippen LogP) is 7.65. The highest BCUT2D eigenvalue weighted by Gasteiger charge is 2.33. The van der Waals surface area contributed by atoms with E-state index >= 15 is 0 Å². The summed E-state index contributed by atoms with van der Waals surface area (Å²) in [4.78, 5) is 35.5. The molecule has 7 rings (SSSR count). The molecule has 1 aliphatic heterocycles. The van der Waals surface area contributed by atoms with E-state index in [9.17, 15) is 35.9 Å². The van der Waals surface area contributed by atoms with Gasteiger partial charge in [0.1, 0.15) is 0 Å². The molecule has 2 aromatic heterocycles. The van der Waals surface area contributed by atoms with Crippen molar-refractivity contribution in [1.82, 2.24) is 19.7 Å². The first-order valence-electron chi connectivity index (χ1n) is 23.4. The van der Waals surface area contributed by atoms with E-state index in [4.69, 9.17) is 27.9 Å². The van der Waals surface area contributed by atoms with Crippen LogP contribution in [0.5, 0.6) is 0 Å². The van der Waals surface area contributed by atoms with Crippen LogP contribution in [0.15, 0.2) is 110 Å². The van der Waals surface area contributed by atoms with Crippen LogP contribution in [0.4, 0.5) is 60.5 Å². The molecule has 0 unspecified atom stereocenters. The standard InChI is InChI=1S/C52H58F6N14O3/c1-31-6-7-35(49(73)67-42-22-39(52(56,57)58)23-43(25-42)70-12-14-75-15-13-70)18-47(31)71(61)29-45(59)37-17-33(26-63-27-37)16-34-8-9-36(19-48(34)72(62)30-46(60)44-28-65-69(5)32(44)2)50(74)66-41-21-38(51(53,54)55)20-40(24-41)64-10-11-68(3)4/h6-9,17-30,64H,10-16,59-62H2,1-5H3,(H,66,74)(H,67,73)/b45-29-,46-30-. The van der Waals surface area contributed by atoms with Crippen molar-refractivity contribution in [3.8, 4) is 0 Å². The predicted molar refractivity (Wildman–Crippen MR) is 279 cm³/mol. The van der Waals surface area contributed by atoms with Crippen LogP contribution in [0.1, 0.15) is 65.4 Å². The molecule has 2 amide bonds. The number of benzene rings is 4. The summed E-state index contributed by atoms with van der Waals surface area (Å²) in [5, 5.41) is 14.9. The minimum absolute atomic E-state index is 0.0418. The molecule has 0 saturated carbocycles. The molecule has 1 saturated heterocycles. The number of amides is 2. The second kappa shape index (κ2) is 23.0. The summed E-state index contributed by atoms with van der Waals surface area (Å²) in [5.41, 5.74) is 16.6. The van der Waals surface area contributed by atoms with Gasteiger partial charge in [0.05, 0.1) is 53.3 Å². The SMILES string of the molecule is Cc1ccc(C(=O)Nc2cc(N3CCOCC3)cc(C(F)(F)F)c2)cc1N(N)/C=C(\N)c1cncc(Cc2ccc(C(=O)Nc3cc(NCCN(C)C)cc(C(F)(F)F)c3)cc2N(N)/C=C(\N)c2cnn(C)c2C)c1. The van der Waals surface area contributed by atoms with Gasteiger partial charge in [-0.3, -0.25) is 29.3 Å². The van der Waals surface area contributed by atoms with E-state index in [2.05, 4.69) is 26.0 Å². The Hall–Kier alpha value is -8.12. The van der Waals surface area contributed by atoms with Gasteiger partial charge >= 0.3 is 12.4 Å². The molecule has 0 bridgehead atoms. The number of hydrogen-bond acceptors (Lipinski definition) is 14. The van der Waals surface area contributed by atoms with E-state index in [0.29, 0.717) is 84.3 Å². The van der Waals surface area contributed by atoms with E-state index in [0.717, 1.165) is 30.0 Å². The summed E-state index contributed by atoms with van der Waals surface area (Å²) in [7, 11) is 5.42. The summed E-state index contributed by atoms with van der Waals surface area (Å²) >= 11 is 0. The molecule has 1 fully saturated rings. The minimum Gasteiger partial charge on any atom is -0.397 e. The Bertz CT molecular complexity index is 3110. The number of nitrogens with zero attached hydrogens (tertiary/aromatic N) is 7. The lowest BCUT2D eigenvalue weighted by Gasteiger charge is -2.29. The number of carbonyl (C=O) groups is 2. The number of alkyl halides is 6. The highest BCUT2D eigenvalue weighted by Crippen LogP contribution is 2.37. The van der Waals surface area contributed by atoms with Crippen molar-refractivity contribution in [3.05, 3.63) is 166 Å². The van der Waals surface area contributed by atoms with Gasteiger partial charge in [-0.25, -0.2) is 11.7 Å². The quantitative estimate of drug-likeness (QED) is 0.0265. The number of morpholine rings is 1. The van der Waals surface area contributed by atoms with Crippen LogP contribution in [0, 0.1) is 13.8 Å². The average Bonchev–Trinajstić information content (AvgIpc) is 3.70. The fourth-order valence-electron chi connectivity index (χ4n) is 8.10. The summed E-state index contributed by atoms with van der Waals surface area (Å²) in [6, 6.07) is 17.7. The Balaban J connectivity index is 1.14. The molecule has 0 atom stereocenters. The van der Waals surface area contributed by atoms with Crippen molar-refractivity contribution in [1.29, 1.82) is 0 Å². The highest BCUT2D eigenvalue weighted by atomic mass is 19.4. The van der Waals surface area contributed by atoms with Crippen LogP contribution >= 0.6 is 0 Å². The summed E-state index contributed by atoms with van der Waals surface area (Å²) < 4.78 is 91.0. The third kappa shape index (κ3) is 13.9. The Morgan fingerprint density at radius 1 is 0.720 bits per heavy atom. The van der Waals surface area contributed by atoms with Crippen LogP contribution in [0.25, 0.3) is 11.4 Å². The number of halogens is 6. The van der Waals surface area contributed by atoms with Crippen LogP contribution in [0.2, 0.25) is 0 Å². The normalized spacial score (nSPS) is 13.5. The molecule has 23 heteroatoms. The van der Waals surface area contributed by atoms with Crippen LogP contribution < -0.4 is 54.0 Å². The maximum absolute atomic E-state index is 14.0. The first kappa shape index (κ1) is 54.6. The Kier molecular flexibility index (Phi) is 16.7. The smallest absolute Gasteiger partial charge is 0.397 e. The Morgan fingerprint density at radius 3 is 1.93 bits per heavy atom. The van der Waals surface area contributed by atoms with Crippen molar-refractivity contribution < 1.29 is 40.7 Å². The number of anilines is 6. The van der Waals surface area contributed by atoms with E-state index in [1.807, 2.05) is 25.9 Å². The van der Waals surface area contributed by atoms with Gasteiger partial charge in [-0.05, 0) is 111 Å². The van der Waals surface area contributed by atoms with Crippen LogP contribution in [-0.2, 0) is 30.6 Å². The van der Waals surface area contributed by atoms with E-state index in [-0.39, 0.29) is 46.0 Å². The molecule has 1 aliphatic rings. The topological polar surface area (TPSA) is 227 Å². The van der Waals surface area contributed by atoms with E-state index < -0.39 is 35.3 Å². The van der Waals surface area contributed by atoms with Gasteiger partial charge in [0.2, 0.25) is 0 Å². The molecule has 0 spiro atoms. The van der Waals surface area contributed by atoms with Gasteiger partial charge in [-0.1, -0.05) is 12.1 Å². The van der Waals surface area contributed by atoms with Gasteiger partial charge in [0.15, 0.2) is 0 Å². The van der Waals surface area contributed by atoms with Crippen LogP contribution in [0.3, 0.4) is 0 Å². The second-order valence-electron chi connectivity index (χ2n) is 18.2. The Morgan fingerprint density at radius 2 is 1.31 bits per heavy atom. The van der Waals surface area contributed by atoms with Gasteiger partial charge in [0, 0.05) is 115 Å². The molecule has 4 aromatic carbocycles. The summed E-state index contributed by atoms with van der Waals surface area (Å²) in [6.45, 7) is 5.98. The lowest BCUT2D eigenvalue weighted by Crippen LogP contribution is -2.36. The van der Waals surface area contributed by atoms with E-state index in [1.54, 1.807) is 54.1 Å². The number of aromatic nitrogens is 3. The fraction of sp³-hybridized carbons (Fsp3) is 0.269. The molecule has 17 nitrogen and oxygen atoms in total. The number of aryl methyl sites for hydroxylation is 2. The summed E-state index contributed by atoms with van der Waals surface area (Å²) in [6.07, 6.45) is -1.59. The maximum atomic E-state index is 14.0. The molecule has 11 N–H and O–H groups in total. The molecular weight excluding hydrogens is 983 g/mol. The molecule has 0 radical (unpaired) electrons. The average molecular weight is 1040 g/mol. The number of carbonyl (C=O) groups excluding carboxylic acids is 2. The second-order valence-corrected chi connectivity index (χ2v) is 18.2. The van der Waals surface area contributed by atoms with Gasteiger partial charge in [0.25, 0.3) is 11.8 Å². The number of rotatable bonds is 17. The molecule has 396 valence electrons. The van der Waals surface area contributed by atoms with Gasteiger partial charge in [-0.2, -0.15) is 31.4 Å².